The maximum Gasteiger partial charge on any atom is 0.510 e. The number of aromatic hydroxyl groups is 1. The van der Waals surface area contributed by atoms with Crippen LogP contribution in [0.2, 0.25) is 0 Å². The molecule has 0 saturated heterocycles. The fourth-order valence-electron chi connectivity index (χ4n) is 5.16. The highest BCUT2D eigenvalue weighted by molar-refractivity contribution is 7.53. The van der Waals surface area contributed by atoms with E-state index < -0.39 is 97.1 Å². The number of benzene rings is 1. The summed E-state index contributed by atoms with van der Waals surface area (Å²) in [5, 5.41) is 13.1. The number of nitrogens with zero attached hydrogens (tertiary/aromatic N) is 1. The molecule has 0 fully saturated rings. The minimum atomic E-state index is -4.02. The maximum absolute atomic E-state index is 14.1. The van der Waals surface area contributed by atoms with Crippen LogP contribution in [0, 0.1) is 23.0 Å². The van der Waals surface area contributed by atoms with Crippen LogP contribution in [-0.2, 0) is 45.6 Å². The normalized spacial score (nSPS) is 15.3. The van der Waals surface area contributed by atoms with Crippen LogP contribution in [0.25, 0.3) is 0 Å². The minimum Gasteiger partial charge on any atom is -0.503 e. The second-order valence-corrected chi connectivity index (χ2v) is 15.0. The average molecular weight is 745 g/mol. The highest BCUT2D eigenvalue weighted by Gasteiger charge is 2.44. The third-order valence-electron chi connectivity index (χ3n) is 7.94. The minimum absolute atomic E-state index is 0.0355. The number of carbonyl (C=O) groups is 4. The molecule has 2 aromatic rings. The molecule has 0 radical (unpaired) electrons. The number of nitrogens with one attached hydrogen (secondary N) is 1. The van der Waals surface area contributed by atoms with Gasteiger partial charge in [0.05, 0.1) is 18.4 Å². The number of amides is 1. The van der Waals surface area contributed by atoms with E-state index in [1.807, 2.05) is 0 Å². The fourth-order valence-corrected chi connectivity index (χ4v) is 6.53. The first-order valence-corrected chi connectivity index (χ1v) is 17.9. The first-order valence-electron chi connectivity index (χ1n) is 16.1. The molecule has 1 aromatic carbocycles. The fraction of sp³-hybridized carbons (Fsp3) is 0.545. The van der Waals surface area contributed by atoms with Crippen molar-refractivity contribution in [3.8, 4) is 5.75 Å². The Hall–Kier alpha value is -4.34. The Labute approximate surface area is 293 Å². The van der Waals surface area contributed by atoms with Crippen molar-refractivity contribution in [1.29, 1.82) is 0 Å². The number of aromatic nitrogens is 1. The molecule has 0 spiro atoms. The van der Waals surface area contributed by atoms with Gasteiger partial charge in [-0.25, -0.2) is 18.4 Å². The lowest BCUT2D eigenvalue weighted by Gasteiger charge is -2.39. The molecule has 0 aliphatic carbocycles. The summed E-state index contributed by atoms with van der Waals surface area (Å²) in [5.41, 5.74) is -2.94. The van der Waals surface area contributed by atoms with Crippen LogP contribution >= 0.6 is 7.60 Å². The van der Waals surface area contributed by atoms with E-state index in [-0.39, 0.29) is 36.9 Å². The van der Waals surface area contributed by atoms with E-state index in [2.05, 4.69) is 5.32 Å². The van der Waals surface area contributed by atoms with E-state index in [4.69, 9.17) is 28.0 Å². The zero-order valence-corrected chi connectivity index (χ0v) is 30.1. The second kappa shape index (κ2) is 17.7. The van der Waals surface area contributed by atoms with Gasteiger partial charge in [0.25, 0.3) is 5.91 Å². The molecule has 1 amide bonds. The zero-order valence-electron chi connectivity index (χ0n) is 29.2. The average Bonchev–Trinajstić information content (AvgIpc) is 3.02. The number of Topliss-reactive ketones (excluding diaryl/α,β-unsaturated/α-hetero) is 1. The highest BCUT2D eigenvalue weighted by Crippen LogP contribution is 2.49. The summed E-state index contributed by atoms with van der Waals surface area (Å²) in [6.45, 7) is 7.88. The number of unbranched alkanes of at least 4 members (excludes halogenated alkanes) is 1. The SMILES string of the molecule is CC(C)OC(=O)OCOP(=O)(CCCCC1Cn2cc(C(=O)NCc3ccc(F)cc3F)c(=O)c(O)c2C(=O)C1(C)C)OCOC(=O)OC(C)C. The maximum atomic E-state index is 14.1. The molecule has 2 heterocycles. The number of pyridine rings is 1. The van der Waals surface area contributed by atoms with Crippen molar-refractivity contribution in [1.82, 2.24) is 9.88 Å². The Morgan fingerprint density at radius 3 is 2.14 bits per heavy atom. The molecule has 1 unspecified atom stereocenters. The summed E-state index contributed by atoms with van der Waals surface area (Å²) in [6.07, 6.45) is -1.19. The van der Waals surface area contributed by atoms with E-state index in [9.17, 15) is 42.4 Å². The van der Waals surface area contributed by atoms with Crippen molar-refractivity contribution < 1.29 is 65.6 Å². The van der Waals surface area contributed by atoms with Crippen molar-refractivity contribution in [2.75, 3.05) is 19.7 Å². The summed E-state index contributed by atoms with van der Waals surface area (Å²) in [5.74, 6) is -4.48. The predicted octanol–water partition coefficient (Wildman–Crippen LogP) is 6.04. The van der Waals surface area contributed by atoms with Crippen molar-refractivity contribution in [3.05, 3.63) is 63.1 Å². The third kappa shape index (κ3) is 11.3. The van der Waals surface area contributed by atoms with Crippen LogP contribution in [0.5, 0.6) is 5.75 Å². The van der Waals surface area contributed by atoms with E-state index in [1.165, 1.54) is 4.57 Å². The Morgan fingerprint density at radius 1 is 1.00 bits per heavy atom. The number of ketones is 1. The molecular formula is C33H43F2N2O13P. The molecule has 282 valence electrons. The lowest BCUT2D eigenvalue weighted by molar-refractivity contribution is -0.0303. The van der Waals surface area contributed by atoms with Crippen LogP contribution in [-0.4, -0.2) is 65.6 Å². The van der Waals surface area contributed by atoms with E-state index >= 15 is 0 Å². The Morgan fingerprint density at radius 2 is 1.59 bits per heavy atom. The first kappa shape index (κ1) is 41.1. The molecule has 1 aromatic heterocycles. The van der Waals surface area contributed by atoms with Gasteiger partial charge in [-0.1, -0.05) is 26.3 Å². The number of hydrogen-bond donors (Lipinski definition) is 2. The molecule has 1 atom stereocenters. The monoisotopic (exact) mass is 744 g/mol. The summed E-state index contributed by atoms with van der Waals surface area (Å²) in [7, 11) is -4.02. The van der Waals surface area contributed by atoms with Gasteiger partial charge in [-0.3, -0.25) is 28.0 Å². The molecule has 1 aliphatic heterocycles. The highest BCUT2D eigenvalue weighted by atomic mass is 31.2. The number of halogens is 2. The van der Waals surface area contributed by atoms with Gasteiger partial charge in [0, 0.05) is 36.3 Å². The number of hydrogen-bond acceptors (Lipinski definition) is 13. The molecule has 1 aliphatic rings. The van der Waals surface area contributed by atoms with Gasteiger partial charge in [-0.15, -0.1) is 0 Å². The Balaban J connectivity index is 1.69. The van der Waals surface area contributed by atoms with Crippen LogP contribution in [0.3, 0.4) is 0 Å². The summed E-state index contributed by atoms with van der Waals surface area (Å²) in [6, 6.07) is 2.80. The van der Waals surface area contributed by atoms with E-state index in [0.717, 1.165) is 18.3 Å². The topological polar surface area (TPSA) is 195 Å². The van der Waals surface area contributed by atoms with Crippen molar-refractivity contribution in [2.24, 2.45) is 11.3 Å². The van der Waals surface area contributed by atoms with Gasteiger partial charge in [0.1, 0.15) is 22.9 Å². The smallest absolute Gasteiger partial charge is 0.503 e. The van der Waals surface area contributed by atoms with E-state index in [0.29, 0.717) is 18.9 Å². The number of rotatable bonds is 16. The van der Waals surface area contributed by atoms with Gasteiger partial charge in [-0.05, 0) is 52.5 Å². The van der Waals surface area contributed by atoms with Crippen molar-refractivity contribution >= 4 is 31.6 Å². The van der Waals surface area contributed by atoms with Crippen LogP contribution in [0.15, 0.2) is 29.2 Å². The molecule has 0 saturated carbocycles. The third-order valence-corrected chi connectivity index (χ3v) is 9.81. The molecule has 0 bridgehead atoms. The second-order valence-electron chi connectivity index (χ2n) is 12.8. The van der Waals surface area contributed by atoms with Crippen molar-refractivity contribution in [3.63, 3.8) is 0 Å². The number of carbonyl (C=O) groups excluding carboxylic acids is 4. The molecule has 2 N–H and O–H groups in total. The van der Waals surface area contributed by atoms with Gasteiger partial charge >= 0.3 is 19.9 Å². The van der Waals surface area contributed by atoms with Crippen LogP contribution < -0.4 is 10.7 Å². The summed E-state index contributed by atoms with van der Waals surface area (Å²) < 4.78 is 71.8. The largest absolute Gasteiger partial charge is 0.510 e. The zero-order chi connectivity index (χ0) is 38.1. The summed E-state index contributed by atoms with van der Waals surface area (Å²) >= 11 is 0. The quantitative estimate of drug-likeness (QED) is 0.0876. The Bertz CT molecular complexity index is 1680. The summed E-state index contributed by atoms with van der Waals surface area (Å²) in [4.78, 5) is 62.9. The van der Waals surface area contributed by atoms with E-state index in [1.54, 1.807) is 41.5 Å². The first-order chi connectivity index (χ1) is 23.8. The molecule has 18 heteroatoms. The van der Waals surface area contributed by atoms with Crippen LogP contribution in [0.4, 0.5) is 18.4 Å². The molecule has 51 heavy (non-hydrogen) atoms. The van der Waals surface area contributed by atoms with Gasteiger partial charge < -0.3 is 33.9 Å². The Kier molecular flexibility index (Phi) is 14.3. The molecular weight excluding hydrogens is 701 g/mol. The van der Waals surface area contributed by atoms with Gasteiger partial charge in [0.15, 0.2) is 11.5 Å². The molecule has 15 nitrogen and oxygen atoms in total. The number of ether oxygens (including phenoxy) is 4. The predicted molar refractivity (Wildman–Crippen MR) is 175 cm³/mol. The van der Waals surface area contributed by atoms with Crippen LogP contribution in [0.1, 0.15) is 87.2 Å². The van der Waals surface area contributed by atoms with Gasteiger partial charge in [-0.2, -0.15) is 0 Å². The lowest BCUT2D eigenvalue weighted by atomic mass is 9.69. The van der Waals surface area contributed by atoms with Crippen molar-refractivity contribution in [2.45, 2.75) is 86.1 Å². The van der Waals surface area contributed by atoms with Gasteiger partial charge in [0.2, 0.25) is 19.0 Å². The molecule has 3 rings (SSSR count). The standard InChI is InChI=1S/C33H43F2N2O13P/c1-19(2)49-31(42)45-17-47-51(44,48-18-46-32(43)50-20(3)4)12-8-7-9-22-15-37-16-24(27(38)28(39)26(37)29(40)33(22,5)6)30(41)36-14-21-10-11-23(34)13-25(21)35/h10-11,13,16,19-20,22,39H,7-9,12,14-15,17-18H2,1-6H3,(H,36,41). The number of fused-ring (bicyclic) bond motifs is 1. The lowest BCUT2D eigenvalue weighted by Crippen LogP contribution is -2.44.